The lowest BCUT2D eigenvalue weighted by molar-refractivity contribution is -0.159. The maximum Gasteiger partial charge on any atom is 0.309 e. The van der Waals surface area contributed by atoms with Gasteiger partial charge >= 0.3 is 5.97 Å². The van der Waals surface area contributed by atoms with Crippen LogP contribution in [0.1, 0.15) is 19.8 Å². The van der Waals surface area contributed by atoms with Crippen LogP contribution < -0.4 is 9.47 Å². The van der Waals surface area contributed by atoms with Crippen LogP contribution in [0.2, 0.25) is 5.02 Å². The van der Waals surface area contributed by atoms with Crippen LogP contribution in [0.25, 0.3) is 0 Å². The molecule has 0 spiro atoms. The molecule has 1 aliphatic carbocycles. The molecule has 0 aromatic heterocycles. The molecule has 0 unspecified atom stereocenters. The van der Waals surface area contributed by atoms with E-state index in [9.17, 15) is 4.79 Å². The van der Waals surface area contributed by atoms with Crippen molar-refractivity contribution in [2.75, 3.05) is 7.11 Å². The number of carbonyl (C=O) groups is 1. The van der Waals surface area contributed by atoms with Crippen molar-refractivity contribution >= 4 is 17.6 Å². The molecule has 1 fully saturated rings. The number of ether oxygens (including phenoxy) is 2. The first-order valence-electron chi connectivity index (χ1n) is 5.68. The number of hydrogen-bond donors (Lipinski definition) is 1. The van der Waals surface area contributed by atoms with Crippen LogP contribution >= 0.6 is 11.6 Å². The second kappa shape index (κ2) is 4.69. The lowest BCUT2D eigenvalue weighted by Gasteiger charge is -2.41. The summed E-state index contributed by atoms with van der Waals surface area (Å²) in [5.74, 6) is 0.381. The first-order valence-corrected chi connectivity index (χ1v) is 6.06. The van der Waals surface area contributed by atoms with E-state index in [1.54, 1.807) is 32.2 Å². The Balaban J connectivity index is 2.04. The minimum Gasteiger partial charge on any atom is -0.493 e. The monoisotopic (exact) mass is 270 g/mol. The molecule has 0 aliphatic heterocycles. The number of carboxylic acids is 1. The Morgan fingerprint density at radius 3 is 2.67 bits per heavy atom. The fourth-order valence-electron chi connectivity index (χ4n) is 2.13. The Bertz CT molecular complexity index is 466. The number of hydrogen-bond acceptors (Lipinski definition) is 3. The highest BCUT2D eigenvalue weighted by atomic mass is 35.5. The van der Waals surface area contributed by atoms with Crippen LogP contribution in [-0.4, -0.2) is 24.3 Å². The summed E-state index contributed by atoms with van der Waals surface area (Å²) in [5, 5.41) is 9.58. The third kappa shape index (κ3) is 2.38. The molecule has 2 rings (SSSR count). The molecule has 0 bridgehead atoms. The number of aliphatic carboxylic acids is 1. The van der Waals surface area contributed by atoms with E-state index in [0.717, 1.165) is 0 Å². The predicted molar refractivity (Wildman–Crippen MR) is 67.4 cm³/mol. The summed E-state index contributed by atoms with van der Waals surface area (Å²) in [6, 6.07) is 5.12. The van der Waals surface area contributed by atoms with Gasteiger partial charge in [-0.05, 0) is 19.1 Å². The fraction of sp³-hybridized carbons (Fsp3) is 0.462. The zero-order valence-corrected chi connectivity index (χ0v) is 11.0. The van der Waals surface area contributed by atoms with Crippen LogP contribution in [0.15, 0.2) is 18.2 Å². The number of rotatable bonds is 4. The van der Waals surface area contributed by atoms with Crippen LogP contribution in [0.4, 0.5) is 0 Å². The molecule has 0 heterocycles. The van der Waals surface area contributed by atoms with Crippen molar-refractivity contribution in [1.82, 2.24) is 0 Å². The van der Waals surface area contributed by atoms with E-state index >= 15 is 0 Å². The molecule has 5 heteroatoms. The van der Waals surface area contributed by atoms with Crippen molar-refractivity contribution < 1.29 is 19.4 Å². The van der Waals surface area contributed by atoms with E-state index in [0.29, 0.717) is 29.4 Å². The summed E-state index contributed by atoms with van der Waals surface area (Å²) in [6.07, 6.45) is 0.897. The molecular formula is C13H15ClO4. The molecular weight excluding hydrogens is 256 g/mol. The smallest absolute Gasteiger partial charge is 0.309 e. The van der Waals surface area contributed by atoms with Crippen molar-refractivity contribution in [2.24, 2.45) is 5.41 Å². The maximum atomic E-state index is 11.0. The summed E-state index contributed by atoms with van der Waals surface area (Å²) in [5.41, 5.74) is -0.670. The van der Waals surface area contributed by atoms with Crippen molar-refractivity contribution in [1.29, 1.82) is 0 Å². The molecule has 1 N–H and O–H groups in total. The Morgan fingerprint density at radius 2 is 2.11 bits per heavy atom. The first kappa shape index (κ1) is 13.0. The van der Waals surface area contributed by atoms with Crippen molar-refractivity contribution in [3.63, 3.8) is 0 Å². The lowest BCUT2D eigenvalue weighted by atomic mass is 9.68. The van der Waals surface area contributed by atoms with Gasteiger partial charge in [0.25, 0.3) is 0 Å². The van der Waals surface area contributed by atoms with E-state index in [1.807, 2.05) is 0 Å². The summed E-state index contributed by atoms with van der Waals surface area (Å²) >= 11 is 5.90. The van der Waals surface area contributed by atoms with Crippen LogP contribution in [-0.2, 0) is 4.79 Å². The number of methoxy groups -OCH3 is 1. The van der Waals surface area contributed by atoms with Gasteiger partial charge in [-0.15, -0.1) is 0 Å². The molecule has 1 aliphatic rings. The minimum atomic E-state index is -0.777. The maximum absolute atomic E-state index is 11.0. The van der Waals surface area contributed by atoms with Gasteiger partial charge in [0.2, 0.25) is 0 Å². The SMILES string of the molecule is COc1ccc(Cl)cc1O[C@H]1C[C@](C)(C(=O)O)C1. The Kier molecular flexibility index (Phi) is 3.39. The van der Waals surface area contributed by atoms with E-state index in [1.165, 1.54) is 0 Å². The largest absolute Gasteiger partial charge is 0.493 e. The molecule has 4 nitrogen and oxygen atoms in total. The summed E-state index contributed by atoms with van der Waals surface area (Å²) < 4.78 is 10.9. The standard InChI is InChI=1S/C13H15ClO4/c1-13(12(15)16)6-9(7-13)18-11-5-8(14)3-4-10(11)17-2/h3-5,9H,6-7H2,1-2H3,(H,15,16)/t9-,13-. The van der Waals surface area contributed by atoms with Gasteiger partial charge in [-0.25, -0.2) is 0 Å². The lowest BCUT2D eigenvalue weighted by Crippen LogP contribution is -2.47. The minimum absolute atomic E-state index is 0.0986. The fourth-order valence-corrected chi connectivity index (χ4v) is 2.29. The van der Waals surface area contributed by atoms with Crippen molar-refractivity contribution in [3.05, 3.63) is 23.2 Å². The molecule has 1 aromatic rings. The van der Waals surface area contributed by atoms with Crippen molar-refractivity contribution in [2.45, 2.75) is 25.9 Å². The van der Waals surface area contributed by atoms with E-state index in [2.05, 4.69) is 0 Å². The van der Waals surface area contributed by atoms with E-state index in [4.69, 9.17) is 26.2 Å². The van der Waals surface area contributed by atoms with Crippen molar-refractivity contribution in [3.8, 4) is 11.5 Å². The van der Waals surface area contributed by atoms with Gasteiger partial charge in [-0.3, -0.25) is 4.79 Å². The molecule has 0 radical (unpaired) electrons. The average Bonchev–Trinajstić information content (AvgIpc) is 2.27. The summed E-state index contributed by atoms with van der Waals surface area (Å²) in [4.78, 5) is 11.0. The van der Waals surface area contributed by atoms with E-state index < -0.39 is 11.4 Å². The molecule has 18 heavy (non-hydrogen) atoms. The summed E-state index contributed by atoms with van der Waals surface area (Å²) in [6.45, 7) is 1.73. The van der Waals surface area contributed by atoms with Gasteiger partial charge in [-0.2, -0.15) is 0 Å². The van der Waals surface area contributed by atoms with Gasteiger partial charge in [-0.1, -0.05) is 11.6 Å². The molecule has 98 valence electrons. The van der Waals surface area contributed by atoms with Gasteiger partial charge in [0.15, 0.2) is 11.5 Å². The average molecular weight is 271 g/mol. The highest BCUT2D eigenvalue weighted by molar-refractivity contribution is 6.30. The van der Waals surface area contributed by atoms with Gasteiger partial charge < -0.3 is 14.6 Å². The topological polar surface area (TPSA) is 55.8 Å². The molecule has 1 saturated carbocycles. The highest BCUT2D eigenvalue weighted by Gasteiger charge is 2.48. The van der Waals surface area contributed by atoms with Gasteiger partial charge in [0.05, 0.1) is 12.5 Å². The Hall–Kier alpha value is -1.42. The first-order chi connectivity index (χ1) is 8.44. The molecule has 0 amide bonds. The number of halogens is 1. The molecule has 1 aromatic carbocycles. The third-order valence-electron chi connectivity index (χ3n) is 3.29. The van der Waals surface area contributed by atoms with Crippen LogP contribution in [0, 0.1) is 5.41 Å². The highest BCUT2D eigenvalue weighted by Crippen LogP contribution is 2.44. The molecule has 0 atom stereocenters. The third-order valence-corrected chi connectivity index (χ3v) is 3.53. The van der Waals surface area contributed by atoms with E-state index in [-0.39, 0.29) is 6.10 Å². The summed E-state index contributed by atoms with van der Waals surface area (Å²) in [7, 11) is 1.55. The Morgan fingerprint density at radius 1 is 1.44 bits per heavy atom. The number of benzene rings is 1. The zero-order chi connectivity index (χ0) is 13.3. The predicted octanol–water partition coefficient (Wildman–Crippen LogP) is 2.98. The number of carboxylic acid groups (broad SMARTS) is 1. The molecule has 0 saturated heterocycles. The second-order valence-corrected chi connectivity index (χ2v) is 5.25. The van der Waals surface area contributed by atoms with Crippen LogP contribution in [0.3, 0.4) is 0 Å². The second-order valence-electron chi connectivity index (χ2n) is 4.81. The van der Waals surface area contributed by atoms with Crippen LogP contribution in [0.5, 0.6) is 11.5 Å². The Labute approximate surface area is 110 Å². The normalized spacial score (nSPS) is 26.3. The zero-order valence-electron chi connectivity index (χ0n) is 10.3. The van der Waals surface area contributed by atoms with Gasteiger partial charge in [0.1, 0.15) is 6.10 Å². The quantitative estimate of drug-likeness (QED) is 0.914. The van der Waals surface area contributed by atoms with Gasteiger partial charge in [0, 0.05) is 23.9 Å².